The smallest absolute Gasteiger partial charge is 0.417 e. The minimum absolute atomic E-state index is 0.0995. The Balaban J connectivity index is 2.01. The predicted molar refractivity (Wildman–Crippen MR) is 147 cm³/mol. The van der Waals surface area contributed by atoms with E-state index in [0.717, 1.165) is 12.1 Å². The van der Waals surface area contributed by atoms with Gasteiger partial charge in [0.25, 0.3) is 11.8 Å². The highest BCUT2D eigenvalue weighted by molar-refractivity contribution is 6.03. The van der Waals surface area contributed by atoms with Gasteiger partial charge in [-0.2, -0.15) is 13.2 Å². The van der Waals surface area contributed by atoms with Crippen LogP contribution in [0.2, 0.25) is 0 Å². The molecule has 9 nitrogen and oxygen atoms in total. The third-order valence-corrected chi connectivity index (χ3v) is 7.06. The summed E-state index contributed by atoms with van der Waals surface area (Å²) in [6.45, 7) is 11.5. The lowest BCUT2D eigenvalue weighted by atomic mass is 9.97. The molecule has 1 aromatic rings. The number of alkyl halides is 3. The summed E-state index contributed by atoms with van der Waals surface area (Å²) >= 11 is 0. The molecule has 12 heteroatoms. The van der Waals surface area contributed by atoms with Gasteiger partial charge in [-0.1, -0.05) is 0 Å². The van der Waals surface area contributed by atoms with E-state index in [1.54, 1.807) is 41.7 Å². The van der Waals surface area contributed by atoms with Crippen LogP contribution in [0.1, 0.15) is 83.1 Å². The normalized spacial score (nSPS) is 19.6. The number of hydrogen-bond acceptors (Lipinski definition) is 6. The van der Waals surface area contributed by atoms with E-state index in [4.69, 9.17) is 14.2 Å². The molecule has 0 unspecified atom stereocenters. The number of anilines is 1. The minimum Gasteiger partial charge on any atom is -0.479 e. The van der Waals surface area contributed by atoms with E-state index in [9.17, 15) is 27.6 Å². The molecule has 1 saturated heterocycles. The quantitative estimate of drug-likeness (QED) is 0.375. The first-order valence-corrected chi connectivity index (χ1v) is 14.1. The molecule has 1 aromatic carbocycles. The van der Waals surface area contributed by atoms with E-state index in [-0.39, 0.29) is 24.5 Å². The van der Waals surface area contributed by atoms with Crippen molar-refractivity contribution in [3.05, 3.63) is 23.3 Å². The predicted octanol–water partition coefficient (Wildman–Crippen LogP) is 5.50. The van der Waals surface area contributed by atoms with Crippen LogP contribution in [-0.2, 0) is 20.4 Å². The van der Waals surface area contributed by atoms with Crippen molar-refractivity contribution in [1.29, 1.82) is 0 Å². The molecule has 1 fully saturated rings. The second-order valence-corrected chi connectivity index (χ2v) is 11.8. The van der Waals surface area contributed by atoms with Crippen LogP contribution < -0.4 is 9.64 Å². The van der Waals surface area contributed by atoms with E-state index >= 15 is 0 Å². The number of carbonyl (C=O) groups is 3. The molecule has 3 rings (SSSR count). The standard InChI is InChI=1S/C29H42F3N3O6/c1-18(2)35(20-11-10-12-33(17-20)27(38)41-28(4,5)6)26(37)21-15-23-24(16-22(21)29(30,31)32)40-19(3)25(36)34(23)13-8-9-14-39-7/h15-16,18-20H,8-14,17H2,1-7H3/t19-,20+/m0/s1. The van der Waals surface area contributed by atoms with Gasteiger partial charge in [0, 0.05) is 39.4 Å². The number of ether oxygens (including phenoxy) is 3. The maximum atomic E-state index is 14.4. The average Bonchev–Trinajstić information content (AvgIpc) is 2.86. The Bertz CT molecular complexity index is 1120. The van der Waals surface area contributed by atoms with E-state index in [0.29, 0.717) is 38.8 Å². The SMILES string of the molecule is COCCCCN1C(=O)[C@H](C)Oc2cc(C(F)(F)F)c(C(=O)N(C(C)C)[C@@H]3CCCN(C(=O)OC(C)(C)C)C3)cc21. The number of piperidine rings is 1. The number of likely N-dealkylation sites (tertiary alicyclic amines) is 1. The first kappa shape index (κ1) is 32.5. The van der Waals surface area contributed by atoms with Crippen LogP contribution >= 0.6 is 0 Å². The number of halogens is 3. The van der Waals surface area contributed by atoms with Gasteiger partial charge in [0.05, 0.1) is 22.9 Å². The summed E-state index contributed by atoms with van der Waals surface area (Å²) < 4.78 is 59.3. The number of benzene rings is 1. The number of nitrogens with zero attached hydrogens (tertiary/aromatic N) is 3. The third-order valence-electron chi connectivity index (χ3n) is 7.06. The minimum atomic E-state index is -4.85. The van der Waals surface area contributed by atoms with Crippen molar-refractivity contribution in [3.8, 4) is 5.75 Å². The number of carbonyl (C=O) groups excluding carboxylic acids is 3. The van der Waals surface area contributed by atoms with Crippen molar-refractivity contribution >= 4 is 23.6 Å². The van der Waals surface area contributed by atoms with Gasteiger partial charge in [0.2, 0.25) is 0 Å². The fraction of sp³-hybridized carbons (Fsp3) is 0.690. The molecule has 2 aliphatic heterocycles. The maximum Gasteiger partial charge on any atom is 0.417 e. The third kappa shape index (κ3) is 7.84. The van der Waals surface area contributed by atoms with Gasteiger partial charge >= 0.3 is 12.3 Å². The topological polar surface area (TPSA) is 88.6 Å². The maximum absolute atomic E-state index is 14.4. The molecule has 0 radical (unpaired) electrons. The van der Waals surface area contributed by atoms with Crippen LogP contribution in [0.3, 0.4) is 0 Å². The van der Waals surface area contributed by atoms with Crippen LogP contribution in [0.5, 0.6) is 5.75 Å². The highest BCUT2D eigenvalue weighted by Crippen LogP contribution is 2.43. The van der Waals surface area contributed by atoms with Gasteiger partial charge in [-0.25, -0.2) is 4.79 Å². The molecule has 0 aromatic heterocycles. The molecular formula is C29H42F3N3O6. The van der Waals surface area contributed by atoms with Crippen molar-refractivity contribution < 1.29 is 41.8 Å². The summed E-state index contributed by atoms with van der Waals surface area (Å²) in [4.78, 5) is 44.1. The van der Waals surface area contributed by atoms with Crippen molar-refractivity contribution in [3.63, 3.8) is 0 Å². The lowest BCUT2D eigenvalue weighted by Gasteiger charge is -2.42. The molecule has 0 spiro atoms. The number of methoxy groups -OCH3 is 1. The number of unbranched alkanes of at least 4 members (excludes halogenated alkanes) is 1. The Labute approximate surface area is 239 Å². The lowest BCUT2D eigenvalue weighted by molar-refractivity contribution is -0.138. The summed E-state index contributed by atoms with van der Waals surface area (Å²) in [5.41, 5.74) is -2.28. The van der Waals surface area contributed by atoms with Crippen molar-refractivity contribution in [2.75, 3.05) is 38.3 Å². The van der Waals surface area contributed by atoms with E-state index in [1.165, 1.54) is 21.6 Å². The fourth-order valence-electron chi connectivity index (χ4n) is 5.25. The number of fused-ring (bicyclic) bond motifs is 1. The molecule has 2 aliphatic rings. The van der Waals surface area contributed by atoms with Gasteiger partial charge in [0.1, 0.15) is 11.4 Å². The zero-order valence-corrected chi connectivity index (χ0v) is 25.0. The largest absolute Gasteiger partial charge is 0.479 e. The molecule has 0 bridgehead atoms. The zero-order valence-electron chi connectivity index (χ0n) is 25.0. The fourth-order valence-corrected chi connectivity index (χ4v) is 5.25. The van der Waals surface area contributed by atoms with Crippen LogP contribution in [0, 0.1) is 0 Å². The Hall–Kier alpha value is -3.02. The van der Waals surface area contributed by atoms with Crippen LogP contribution in [0.25, 0.3) is 0 Å². The lowest BCUT2D eigenvalue weighted by Crippen LogP contribution is -2.54. The summed E-state index contributed by atoms with van der Waals surface area (Å²) in [7, 11) is 1.56. The zero-order chi connectivity index (χ0) is 30.7. The second-order valence-electron chi connectivity index (χ2n) is 11.8. The summed E-state index contributed by atoms with van der Waals surface area (Å²) in [6, 6.07) is 0.958. The van der Waals surface area contributed by atoms with E-state index in [2.05, 4.69) is 0 Å². The molecule has 2 heterocycles. The van der Waals surface area contributed by atoms with Gasteiger partial charge in [0.15, 0.2) is 6.10 Å². The highest BCUT2D eigenvalue weighted by atomic mass is 19.4. The van der Waals surface area contributed by atoms with Crippen molar-refractivity contribution in [1.82, 2.24) is 9.80 Å². The van der Waals surface area contributed by atoms with Crippen molar-refractivity contribution in [2.45, 2.75) is 97.2 Å². The van der Waals surface area contributed by atoms with E-state index < -0.39 is 59.0 Å². The number of rotatable bonds is 8. The van der Waals surface area contributed by atoms with Crippen LogP contribution in [0.4, 0.5) is 23.7 Å². The Morgan fingerprint density at radius 2 is 1.85 bits per heavy atom. The molecule has 41 heavy (non-hydrogen) atoms. The van der Waals surface area contributed by atoms with Gasteiger partial charge in [-0.3, -0.25) is 9.59 Å². The summed E-state index contributed by atoms with van der Waals surface area (Å²) in [5, 5.41) is 0. The first-order chi connectivity index (χ1) is 19.0. The number of amides is 3. The molecule has 0 saturated carbocycles. The first-order valence-electron chi connectivity index (χ1n) is 14.1. The highest BCUT2D eigenvalue weighted by Gasteiger charge is 2.42. The Morgan fingerprint density at radius 3 is 2.44 bits per heavy atom. The van der Waals surface area contributed by atoms with Gasteiger partial charge in [-0.05, 0) is 79.4 Å². The van der Waals surface area contributed by atoms with Crippen molar-refractivity contribution in [2.24, 2.45) is 0 Å². The van der Waals surface area contributed by atoms with E-state index in [1.807, 2.05) is 0 Å². The Morgan fingerprint density at radius 1 is 1.17 bits per heavy atom. The molecule has 230 valence electrons. The monoisotopic (exact) mass is 585 g/mol. The average molecular weight is 586 g/mol. The summed E-state index contributed by atoms with van der Waals surface area (Å²) in [6.07, 6.45) is -4.08. The summed E-state index contributed by atoms with van der Waals surface area (Å²) in [5.74, 6) is -1.32. The molecule has 0 aliphatic carbocycles. The van der Waals surface area contributed by atoms with Crippen LogP contribution in [-0.4, -0.2) is 84.8 Å². The molecule has 0 N–H and O–H groups in total. The Kier molecular flexibility index (Phi) is 10.2. The van der Waals surface area contributed by atoms with Gasteiger partial charge < -0.3 is 28.9 Å². The molecule has 3 amide bonds. The molecule has 2 atom stereocenters. The van der Waals surface area contributed by atoms with Crippen LogP contribution in [0.15, 0.2) is 12.1 Å². The second kappa shape index (κ2) is 12.9. The molecular weight excluding hydrogens is 543 g/mol. The number of hydrogen-bond donors (Lipinski definition) is 0. The van der Waals surface area contributed by atoms with Gasteiger partial charge in [-0.15, -0.1) is 0 Å².